The molecule has 0 radical (unpaired) electrons. The van der Waals surface area contributed by atoms with E-state index < -0.39 is 5.97 Å². The Balaban J connectivity index is 0. The molecule has 72 valence electrons. The molecule has 3 nitrogen and oxygen atoms in total. The molecule has 0 aliphatic rings. The number of aliphatic carboxylic acids is 1. The van der Waals surface area contributed by atoms with Gasteiger partial charge in [0.05, 0.1) is 0 Å². The quantitative estimate of drug-likeness (QED) is 0.664. The summed E-state index contributed by atoms with van der Waals surface area (Å²) in [6.07, 6.45) is 2.67. The van der Waals surface area contributed by atoms with Gasteiger partial charge in [-0.15, -0.1) is 0 Å². The summed E-state index contributed by atoms with van der Waals surface area (Å²) in [6.45, 7) is 5.89. The van der Waals surface area contributed by atoms with Crippen molar-refractivity contribution in [1.82, 2.24) is 0 Å². The minimum Gasteiger partial charge on any atom is -0.481 e. The van der Waals surface area contributed by atoms with Crippen molar-refractivity contribution in [1.29, 1.82) is 0 Å². The Bertz CT molecular complexity index is 119. The van der Waals surface area contributed by atoms with Crippen LogP contribution in [0.3, 0.4) is 0 Å². The van der Waals surface area contributed by atoms with Gasteiger partial charge in [0.15, 0.2) is 0 Å². The molecule has 0 heterocycles. The second-order valence-electron chi connectivity index (χ2n) is 2.94. The lowest BCUT2D eigenvalue weighted by molar-refractivity contribution is -0.137. The van der Waals surface area contributed by atoms with Crippen molar-refractivity contribution >= 4 is 12.3 Å². The molecular weight excluding hydrogens is 156 g/mol. The Labute approximate surface area is 73.8 Å². The lowest BCUT2D eigenvalue weighted by Crippen LogP contribution is -1.90. The first-order chi connectivity index (χ1) is 5.54. The molecule has 0 fully saturated rings. The minimum absolute atomic E-state index is 0.292. The smallest absolute Gasteiger partial charge is 0.303 e. The number of aldehydes is 1. The monoisotopic (exact) mass is 174 g/mol. The molecule has 0 atom stereocenters. The van der Waals surface area contributed by atoms with E-state index >= 15 is 0 Å². The van der Waals surface area contributed by atoms with E-state index in [4.69, 9.17) is 5.11 Å². The third-order valence-corrected chi connectivity index (χ3v) is 1.03. The molecule has 1 N–H and O–H groups in total. The molecule has 0 aliphatic carbocycles. The third kappa shape index (κ3) is 22.9. The van der Waals surface area contributed by atoms with Crippen molar-refractivity contribution < 1.29 is 14.7 Å². The second kappa shape index (κ2) is 10.1. The molecule has 0 amide bonds. The van der Waals surface area contributed by atoms with Crippen LogP contribution in [-0.4, -0.2) is 17.4 Å². The highest BCUT2D eigenvalue weighted by Gasteiger charge is 1.87. The fourth-order valence-electron chi connectivity index (χ4n) is 0.406. The number of rotatable bonds is 4. The summed E-state index contributed by atoms with van der Waals surface area (Å²) in [5.41, 5.74) is 0. The fraction of sp³-hybridized carbons (Fsp3) is 0.778. The predicted molar refractivity (Wildman–Crippen MR) is 48.1 cm³/mol. The molecule has 0 aromatic carbocycles. The molecule has 0 bridgehead atoms. The molecule has 0 unspecified atom stereocenters. The molecule has 0 rings (SSSR count). The van der Waals surface area contributed by atoms with Gasteiger partial charge in [-0.25, -0.2) is 0 Å². The average Bonchev–Trinajstić information content (AvgIpc) is 1.87. The minimum atomic E-state index is -0.711. The SMILES string of the molecule is CC(C)CC=O.CCCC(=O)O. The first kappa shape index (κ1) is 13.7. The number of hydrogen-bond donors (Lipinski definition) is 1. The van der Waals surface area contributed by atoms with Crippen LogP contribution >= 0.6 is 0 Å². The van der Waals surface area contributed by atoms with Crippen molar-refractivity contribution in [2.45, 2.75) is 40.0 Å². The van der Waals surface area contributed by atoms with E-state index in [0.29, 0.717) is 18.8 Å². The van der Waals surface area contributed by atoms with Gasteiger partial charge < -0.3 is 9.90 Å². The van der Waals surface area contributed by atoms with E-state index in [2.05, 4.69) is 0 Å². The topological polar surface area (TPSA) is 54.4 Å². The van der Waals surface area contributed by atoms with E-state index in [0.717, 1.165) is 12.7 Å². The second-order valence-corrected chi connectivity index (χ2v) is 2.94. The van der Waals surface area contributed by atoms with Crippen LogP contribution in [0.1, 0.15) is 40.0 Å². The summed E-state index contributed by atoms with van der Waals surface area (Å²) in [5.74, 6) is -0.181. The van der Waals surface area contributed by atoms with Gasteiger partial charge >= 0.3 is 5.97 Å². The summed E-state index contributed by atoms with van der Waals surface area (Å²) < 4.78 is 0. The Morgan fingerprint density at radius 3 is 2.00 bits per heavy atom. The van der Waals surface area contributed by atoms with E-state index in [9.17, 15) is 9.59 Å². The summed E-state index contributed by atoms with van der Waals surface area (Å²) in [5, 5.41) is 7.91. The average molecular weight is 174 g/mol. The number of hydrogen-bond acceptors (Lipinski definition) is 2. The lowest BCUT2D eigenvalue weighted by Gasteiger charge is -1.89. The van der Waals surface area contributed by atoms with Crippen molar-refractivity contribution in [2.75, 3.05) is 0 Å². The van der Waals surface area contributed by atoms with Gasteiger partial charge in [-0.2, -0.15) is 0 Å². The van der Waals surface area contributed by atoms with Gasteiger partial charge in [0.25, 0.3) is 0 Å². The summed E-state index contributed by atoms with van der Waals surface area (Å²) >= 11 is 0. The predicted octanol–water partition coefficient (Wildman–Crippen LogP) is 2.10. The molecule has 0 saturated heterocycles. The van der Waals surface area contributed by atoms with E-state index in [-0.39, 0.29) is 0 Å². The summed E-state index contributed by atoms with van der Waals surface area (Å²) in [6, 6.07) is 0. The van der Waals surface area contributed by atoms with Gasteiger partial charge in [0.2, 0.25) is 0 Å². The van der Waals surface area contributed by atoms with Crippen LogP contribution in [0, 0.1) is 5.92 Å². The Morgan fingerprint density at radius 2 is 2.00 bits per heavy atom. The van der Waals surface area contributed by atoms with Crippen LogP contribution in [0.2, 0.25) is 0 Å². The zero-order valence-corrected chi connectivity index (χ0v) is 8.04. The Hall–Kier alpha value is -0.860. The van der Waals surface area contributed by atoms with Crippen LogP contribution < -0.4 is 0 Å². The van der Waals surface area contributed by atoms with E-state index in [1.165, 1.54) is 0 Å². The zero-order valence-electron chi connectivity index (χ0n) is 8.04. The molecule has 0 aromatic heterocycles. The molecule has 0 aliphatic heterocycles. The van der Waals surface area contributed by atoms with Crippen molar-refractivity contribution in [2.24, 2.45) is 5.92 Å². The number of carbonyl (C=O) groups excluding carboxylic acids is 1. The summed E-state index contributed by atoms with van der Waals surface area (Å²) in [4.78, 5) is 19.2. The molecule has 12 heavy (non-hydrogen) atoms. The highest BCUT2D eigenvalue weighted by molar-refractivity contribution is 5.66. The standard InChI is InChI=1S/C5H10O.C4H8O2/c1-5(2)3-4-6;1-2-3-4(5)6/h4-5H,3H2,1-2H3;2-3H2,1H3,(H,5,6). The van der Waals surface area contributed by atoms with Crippen molar-refractivity contribution in [3.63, 3.8) is 0 Å². The zero-order chi connectivity index (χ0) is 9.98. The Kier molecular flexibility index (Phi) is 11.6. The fourth-order valence-corrected chi connectivity index (χ4v) is 0.406. The third-order valence-electron chi connectivity index (χ3n) is 1.03. The van der Waals surface area contributed by atoms with Gasteiger partial charge in [0, 0.05) is 12.8 Å². The molecular formula is C9H18O3. The van der Waals surface area contributed by atoms with Crippen molar-refractivity contribution in [3.8, 4) is 0 Å². The molecule has 0 saturated carbocycles. The highest BCUT2D eigenvalue weighted by atomic mass is 16.4. The first-order valence-corrected chi connectivity index (χ1v) is 4.20. The lowest BCUT2D eigenvalue weighted by atomic mass is 10.2. The van der Waals surface area contributed by atoms with Gasteiger partial charge in [-0.1, -0.05) is 20.8 Å². The van der Waals surface area contributed by atoms with Crippen LogP contribution in [-0.2, 0) is 9.59 Å². The van der Waals surface area contributed by atoms with E-state index in [1.807, 2.05) is 20.8 Å². The highest BCUT2D eigenvalue weighted by Crippen LogP contribution is 1.92. The van der Waals surface area contributed by atoms with Gasteiger partial charge in [0.1, 0.15) is 6.29 Å². The maximum atomic E-state index is 9.62. The van der Waals surface area contributed by atoms with Gasteiger partial charge in [-0.3, -0.25) is 4.79 Å². The number of carbonyl (C=O) groups is 2. The maximum Gasteiger partial charge on any atom is 0.303 e. The molecule has 0 spiro atoms. The van der Waals surface area contributed by atoms with Crippen molar-refractivity contribution in [3.05, 3.63) is 0 Å². The number of carboxylic acid groups (broad SMARTS) is 1. The number of carboxylic acids is 1. The normalized spacial score (nSPS) is 8.67. The van der Waals surface area contributed by atoms with Gasteiger partial charge in [-0.05, 0) is 12.3 Å². The molecule has 0 aromatic rings. The molecule has 3 heteroatoms. The largest absolute Gasteiger partial charge is 0.481 e. The summed E-state index contributed by atoms with van der Waals surface area (Å²) in [7, 11) is 0. The van der Waals surface area contributed by atoms with Crippen LogP contribution in [0.4, 0.5) is 0 Å². The Morgan fingerprint density at radius 1 is 1.50 bits per heavy atom. The van der Waals surface area contributed by atoms with Crippen LogP contribution in [0.25, 0.3) is 0 Å². The van der Waals surface area contributed by atoms with E-state index in [1.54, 1.807) is 0 Å². The first-order valence-electron chi connectivity index (χ1n) is 4.20. The van der Waals surface area contributed by atoms with Crippen LogP contribution in [0.5, 0.6) is 0 Å². The van der Waals surface area contributed by atoms with Crippen LogP contribution in [0.15, 0.2) is 0 Å². The maximum absolute atomic E-state index is 9.62.